The molecule has 0 spiro atoms. The summed E-state index contributed by atoms with van der Waals surface area (Å²) in [5, 5.41) is 10.6. The van der Waals surface area contributed by atoms with Gasteiger partial charge in [-0.25, -0.2) is 9.37 Å². The van der Waals surface area contributed by atoms with Crippen LogP contribution >= 0.6 is 11.3 Å². The van der Waals surface area contributed by atoms with Gasteiger partial charge in [-0.3, -0.25) is 4.79 Å². The minimum absolute atomic E-state index is 0.0578. The summed E-state index contributed by atoms with van der Waals surface area (Å²) in [6.07, 6.45) is 0.870. The van der Waals surface area contributed by atoms with Crippen molar-refractivity contribution in [3.63, 3.8) is 0 Å². The number of hydrogen-bond donors (Lipinski definition) is 2. The van der Waals surface area contributed by atoms with Crippen molar-refractivity contribution in [3.05, 3.63) is 80.3 Å². The molecular formula is C24H18FN5O2S. The lowest BCUT2D eigenvalue weighted by Gasteiger charge is -2.25. The number of benzene rings is 1. The predicted molar refractivity (Wildman–Crippen MR) is 123 cm³/mol. The lowest BCUT2D eigenvalue weighted by atomic mass is 9.84. The first-order chi connectivity index (χ1) is 15.9. The van der Waals surface area contributed by atoms with Gasteiger partial charge in [-0.2, -0.15) is 5.26 Å². The fourth-order valence-electron chi connectivity index (χ4n) is 4.73. The van der Waals surface area contributed by atoms with Gasteiger partial charge in [-0.1, -0.05) is 12.1 Å². The maximum absolute atomic E-state index is 13.6. The van der Waals surface area contributed by atoms with Crippen LogP contribution in [0.4, 0.5) is 4.39 Å². The number of rotatable bonds is 1. The Bertz CT molecular complexity index is 1600. The highest BCUT2D eigenvalue weighted by atomic mass is 32.1. The number of thiophene rings is 1. The number of allylic oxidation sites excluding steroid dienone is 1. The third-order valence-corrected chi connectivity index (χ3v) is 7.43. The lowest BCUT2D eigenvalue weighted by Crippen LogP contribution is -2.27. The topological polar surface area (TPSA) is 108 Å². The standard InChI is InChI=1S/C24H18FN5O2S/c1-30-7-6-16-12(10-30)8-14-19-21(33-24(14)28-16)20-18(23(31)29-19)17(15(9-26)22(27)32-20)11-2-4-13(25)5-3-11/h2-5,8,17H,6-7,10,27H2,1H3,(H,29,31)/t17-/m1/s1. The zero-order valence-corrected chi connectivity index (χ0v) is 18.4. The first kappa shape index (κ1) is 19.9. The fraction of sp³-hybridized carbons (Fsp3) is 0.208. The summed E-state index contributed by atoms with van der Waals surface area (Å²) in [7, 11) is 2.07. The molecule has 9 heteroatoms. The maximum Gasteiger partial charge on any atom is 0.256 e. The minimum Gasteiger partial charge on any atom is -0.438 e. The predicted octanol–water partition coefficient (Wildman–Crippen LogP) is 3.48. The molecule has 0 radical (unpaired) electrons. The van der Waals surface area contributed by atoms with E-state index in [0.717, 1.165) is 45.7 Å². The van der Waals surface area contributed by atoms with Gasteiger partial charge in [0, 0.05) is 30.6 Å². The van der Waals surface area contributed by atoms with Crippen molar-refractivity contribution < 1.29 is 9.13 Å². The molecule has 0 bridgehead atoms. The third-order valence-electron chi connectivity index (χ3n) is 6.33. The largest absolute Gasteiger partial charge is 0.438 e. The highest BCUT2D eigenvalue weighted by Crippen LogP contribution is 2.46. The van der Waals surface area contributed by atoms with Gasteiger partial charge in [0.25, 0.3) is 5.56 Å². The van der Waals surface area contributed by atoms with Crippen LogP contribution in [0.15, 0.2) is 46.6 Å². The van der Waals surface area contributed by atoms with E-state index < -0.39 is 11.7 Å². The normalized spacial score (nSPS) is 18.2. The van der Waals surface area contributed by atoms with Crippen molar-refractivity contribution in [3.8, 4) is 11.8 Å². The molecule has 4 aromatic rings. The van der Waals surface area contributed by atoms with Gasteiger partial charge in [0.2, 0.25) is 5.88 Å². The zero-order chi connectivity index (χ0) is 22.9. The van der Waals surface area contributed by atoms with Gasteiger partial charge in [-0.15, -0.1) is 11.3 Å². The van der Waals surface area contributed by atoms with Crippen LogP contribution in [0.2, 0.25) is 0 Å². The van der Waals surface area contributed by atoms with Gasteiger partial charge in [-0.05, 0) is 36.4 Å². The van der Waals surface area contributed by atoms with E-state index in [1.807, 2.05) is 0 Å². The Morgan fingerprint density at radius 3 is 2.91 bits per heavy atom. The average molecular weight is 460 g/mol. The van der Waals surface area contributed by atoms with E-state index >= 15 is 0 Å². The highest BCUT2D eigenvalue weighted by molar-refractivity contribution is 7.25. The van der Waals surface area contributed by atoms with E-state index in [1.165, 1.54) is 23.5 Å². The van der Waals surface area contributed by atoms with E-state index in [9.17, 15) is 14.4 Å². The molecule has 0 aliphatic carbocycles. The number of fused-ring (bicyclic) bond motifs is 6. The van der Waals surface area contributed by atoms with Crippen LogP contribution in [0.25, 0.3) is 20.4 Å². The lowest BCUT2D eigenvalue weighted by molar-refractivity contribution is 0.310. The van der Waals surface area contributed by atoms with E-state index in [0.29, 0.717) is 16.8 Å². The second-order valence-electron chi connectivity index (χ2n) is 8.41. The number of halogens is 1. The van der Waals surface area contributed by atoms with Crippen molar-refractivity contribution in [2.24, 2.45) is 5.73 Å². The highest BCUT2D eigenvalue weighted by Gasteiger charge is 2.35. The Balaban J connectivity index is 1.64. The van der Waals surface area contributed by atoms with Gasteiger partial charge >= 0.3 is 0 Å². The summed E-state index contributed by atoms with van der Waals surface area (Å²) < 4.78 is 20.2. The summed E-state index contributed by atoms with van der Waals surface area (Å²) in [5.41, 5.74) is 9.63. The van der Waals surface area contributed by atoms with Crippen molar-refractivity contribution in [2.75, 3.05) is 13.6 Å². The van der Waals surface area contributed by atoms with Gasteiger partial charge in [0.15, 0.2) is 5.75 Å². The molecule has 0 saturated carbocycles. The number of nitrogens with one attached hydrogen (secondary N) is 1. The monoisotopic (exact) mass is 459 g/mol. The van der Waals surface area contributed by atoms with Crippen molar-refractivity contribution in [1.29, 1.82) is 5.26 Å². The van der Waals surface area contributed by atoms with Gasteiger partial charge < -0.3 is 20.4 Å². The Morgan fingerprint density at radius 2 is 2.15 bits per heavy atom. The number of nitrogens with zero attached hydrogens (tertiary/aromatic N) is 3. The summed E-state index contributed by atoms with van der Waals surface area (Å²) in [6.45, 7) is 1.75. The molecule has 1 aromatic carbocycles. The van der Waals surface area contributed by atoms with E-state index in [1.54, 1.807) is 12.1 Å². The number of likely N-dealkylation sites (N-methyl/N-ethyl adjacent to an activating group) is 1. The SMILES string of the molecule is CN1CCc2nc3sc4c5c(c(=O)[nH]c4c3cc2C1)[C@H](c1ccc(F)cc1)C(C#N)=C(N)O5. The second kappa shape index (κ2) is 7.13. The van der Waals surface area contributed by atoms with Crippen molar-refractivity contribution >= 4 is 31.8 Å². The molecule has 3 N–H and O–H groups in total. The van der Waals surface area contributed by atoms with Crippen LogP contribution in [-0.2, 0) is 13.0 Å². The number of aromatic nitrogens is 2. The first-order valence-electron chi connectivity index (χ1n) is 10.5. The molecule has 2 aliphatic heterocycles. The summed E-state index contributed by atoms with van der Waals surface area (Å²) in [4.78, 5) is 24.3. The Kier molecular flexibility index (Phi) is 4.30. The van der Waals surface area contributed by atoms with Gasteiger partial charge in [0.05, 0.1) is 21.7 Å². The smallest absolute Gasteiger partial charge is 0.256 e. The molecule has 7 nitrogen and oxygen atoms in total. The molecule has 0 fully saturated rings. The van der Waals surface area contributed by atoms with Crippen LogP contribution in [-0.4, -0.2) is 28.5 Å². The third kappa shape index (κ3) is 2.95. The van der Waals surface area contributed by atoms with E-state index in [4.69, 9.17) is 15.5 Å². The zero-order valence-electron chi connectivity index (χ0n) is 17.6. The van der Waals surface area contributed by atoms with Crippen LogP contribution in [0.5, 0.6) is 5.75 Å². The summed E-state index contributed by atoms with van der Waals surface area (Å²) in [6, 6.07) is 9.87. The quantitative estimate of drug-likeness (QED) is 0.451. The Labute approximate surface area is 191 Å². The molecule has 164 valence electrons. The molecule has 2 aliphatic rings. The van der Waals surface area contributed by atoms with Crippen molar-refractivity contribution in [2.45, 2.75) is 18.9 Å². The van der Waals surface area contributed by atoms with E-state index in [-0.39, 0.29) is 22.6 Å². The van der Waals surface area contributed by atoms with Crippen LogP contribution in [0.1, 0.15) is 28.3 Å². The number of ether oxygens (including phenoxy) is 1. The number of pyridine rings is 2. The molecule has 5 heterocycles. The molecule has 6 rings (SSSR count). The van der Waals surface area contributed by atoms with Gasteiger partial charge in [0.1, 0.15) is 22.3 Å². The maximum atomic E-state index is 13.6. The molecule has 0 saturated heterocycles. The van der Waals surface area contributed by atoms with E-state index in [2.05, 4.69) is 29.1 Å². The molecule has 33 heavy (non-hydrogen) atoms. The number of hydrogen-bond acceptors (Lipinski definition) is 7. The number of nitrogens with two attached hydrogens (primary N) is 1. The van der Waals surface area contributed by atoms with Crippen LogP contribution in [0, 0.1) is 17.1 Å². The Morgan fingerprint density at radius 1 is 1.36 bits per heavy atom. The molecule has 1 atom stereocenters. The average Bonchev–Trinajstić information content (AvgIpc) is 3.15. The number of aromatic amines is 1. The molecule has 0 amide bonds. The Hall–Kier alpha value is -3.74. The first-order valence-corrected chi connectivity index (χ1v) is 11.3. The number of H-pyrrole nitrogens is 1. The minimum atomic E-state index is -0.757. The fourth-order valence-corrected chi connectivity index (χ4v) is 5.86. The molecule has 0 unspecified atom stereocenters. The summed E-state index contributed by atoms with van der Waals surface area (Å²) >= 11 is 1.43. The number of nitriles is 1. The van der Waals surface area contributed by atoms with Crippen molar-refractivity contribution in [1.82, 2.24) is 14.9 Å². The van der Waals surface area contributed by atoms with Crippen LogP contribution < -0.4 is 16.0 Å². The molecular weight excluding hydrogens is 441 g/mol. The summed E-state index contributed by atoms with van der Waals surface area (Å²) in [5.74, 6) is -0.890. The molecule has 3 aromatic heterocycles. The van der Waals surface area contributed by atoms with Crippen LogP contribution in [0.3, 0.4) is 0 Å². The second-order valence-corrected chi connectivity index (χ2v) is 9.41.